The molecule has 0 saturated carbocycles. The van der Waals surface area contributed by atoms with Crippen molar-refractivity contribution in [2.45, 2.75) is 51.3 Å². The minimum absolute atomic E-state index is 0.723. The fraction of sp³-hybridized carbons (Fsp3) is 0.600. The normalized spacial score (nSPS) is 28.9. The zero-order valence-electron chi connectivity index (χ0n) is 13.6. The van der Waals surface area contributed by atoms with Crippen LogP contribution in [-0.2, 0) is 42.9 Å². The molecule has 1 aliphatic heterocycles. The van der Waals surface area contributed by atoms with Gasteiger partial charge in [0.2, 0.25) is 0 Å². The van der Waals surface area contributed by atoms with Gasteiger partial charge in [-0.15, -0.1) is 6.42 Å². The molecule has 0 radical (unpaired) electrons. The number of hydrogen-bond acceptors (Lipinski definition) is 9. The highest BCUT2D eigenvalue weighted by atomic mass is 16.7. The van der Waals surface area contributed by atoms with E-state index in [1.165, 1.54) is 0 Å². The molecule has 0 unspecified atom stereocenters. The van der Waals surface area contributed by atoms with E-state index in [1.807, 2.05) is 0 Å². The van der Waals surface area contributed by atoms with Gasteiger partial charge in [0, 0.05) is 20.8 Å². The zero-order chi connectivity index (χ0) is 18.4. The van der Waals surface area contributed by atoms with Crippen molar-refractivity contribution in [2.75, 3.05) is 7.11 Å². The number of terminal acetylenes is 1. The van der Waals surface area contributed by atoms with E-state index >= 15 is 0 Å². The van der Waals surface area contributed by atoms with Crippen LogP contribution < -0.4 is 0 Å². The monoisotopic (exact) mass is 342 g/mol. The largest absolute Gasteiger partial charge is 0.467 e. The second-order valence-electron chi connectivity index (χ2n) is 4.89. The molecule has 1 saturated heterocycles. The number of carbonyl (C=O) groups is 4. The van der Waals surface area contributed by atoms with E-state index in [4.69, 9.17) is 25.4 Å². The lowest BCUT2D eigenvalue weighted by Crippen LogP contribution is -2.63. The standard InChI is InChI=1S/C15H18O9/c1-6-10-11(21-7(2)16)12(22-8(3)17)13(23-9(4)18)14(24-10)15(19)20-5/h1,10-14H,2-5H3/t10-,11-,12+,13-,14-/m0/s1. The molecule has 0 aliphatic carbocycles. The van der Waals surface area contributed by atoms with Gasteiger partial charge in [0.25, 0.3) is 0 Å². The Kier molecular flexibility index (Phi) is 6.73. The van der Waals surface area contributed by atoms with E-state index in [2.05, 4.69) is 10.7 Å². The molecule has 1 fully saturated rings. The molecule has 1 aliphatic rings. The minimum atomic E-state index is -1.45. The van der Waals surface area contributed by atoms with Gasteiger partial charge in [0.1, 0.15) is 0 Å². The summed E-state index contributed by atoms with van der Waals surface area (Å²) < 4.78 is 25.2. The van der Waals surface area contributed by atoms with Gasteiger partial charge >= 0.3 is 23.9 Å². The molecule has 9 nitrogen and oxygen atoms in total. The van der Waals surface area contributed by atoms with Crippen LogP contribution in [0, 0.1) is 12.3 Å². The number of ether oxygens (including phenoxy) is 5. The van der Waals surface area contributed by atoms with Crippen molar-refractivity contribution in [3.8, 4) is 12.3 Å². The number of hydrogen-bond donors (Lipinski definition) is 0. The lowest BCUT2D eigenvalue weighted by molar-refractivity contribution is -0.239. The lowest BCUT2D eigenvalue weighted by atomic mass is 9.94. The Morgan fingerprint density at radius 2 is 1.33 bits per heavy atom. The van der Waals surface area contributed by atoms with E-state index in [9.17, 15) is 19.2 Å². The van der Waals surface area contributed by atoms with Crippen LogP contribution in [0.4, 0.5) is 0 Å². The van der Waals surface area contributed by atoms with Gasteiger partial charge in [0.15, 0.2) is 30.5 Å². The molecule has 0 aromatic rings. The average molecular weight is 342 g/mol. The van der Waals surface area contributed by atoms with Crippen LogP contribution in [0.25, 0.3) is 0 Å². The van der Waals surface area contributed by atoms with Crippen molar-refractivity contribution in [2.24, 2.45) is 0 Å². The summed E-state index contributed by atoms with van der Waals surface area (Å²) in [4.78, 5) is 46.0. The van der Waals surface area contributed by atoms with Crippen LogP contribution in [0.15, 0.2) is 0 Å². The second kappa shape index (κ2) is 8.31. The van der Waals surface area contributed by atoms with Gasteiger partial charge in [-0.05, 0) is 0 Å². The number of methoxy groups -OCH3 is 1. The minimum Gasteiger partial charge on any atom is -0.467 e. The quantitative estimate of drug-likeness (QED) is 0.373. The first kappa shape index (κ1) is 19.4. The Morgan fingerprint density at radius 1 is 0.875 bits per heavy atom. The van der Waals surface area contributed by atoms with Crippen LogP contribution in [0.1, 0.15) is 20.8 Å². The maximum absolute atomic E-state index is 11.9. The first-order chi connectivity index (χ1) is 11.2. The topological polar surface area (TPSA) is 114 Å². The molecule has 0 amide bonds. The molecule has 0 N–H and O–H groups in total. The molecule has 5 atom stereocenters. The molecule has 24 heavy (non-hydrogen) atoms. The fourth-order valence-corrected chi connectivity index (χ4v) is 2.25. The van der Waals surface area contributed by atoms with Gasteiger partial charge in [0.05, 0.1) is 7.11 Å². The van der Waals surface area contributed by atoms with Crippen molar-refractivity contribution >= 4 is 23.9 Å². The Balaban J connectivity index is 3.31. The van der Waals surface area contributed by atoms with Gasteiger partial charge in [-0.25, -0.2) is 4.79 Å². The SMILES string of the molecule is C#C[C@@H]1O[C@H](C(=O)OC)[C@@H](OC(C)=O)[C@H](OC(C)=O)[C@H]1OC(C)=O. The highest BCUT2D eigenvalue weighted by Gasteiger charge is 2.54. The summed E-state index contributed by atoms with van der Waals surface area (Å²) in [5.74, 6) is -0.928. The highest BCUT2D eigenvalue weighted by Crippen LogP contribution is 2.29. The van der Waals surface area contributed by atoms with Crippen LogP contribution in [0.3, 0.4) is 0 Å². The molecule has 1 rings (SSSR count). The van der Waals surface area contributed by atoms with Crippen LogP contribution in [-0.4, -0.2) is 61.5 Å². The summed E-state index contributed by atoms with van der Waals surface area (Å²) in [5.41, 5.74) is 0. The Bertz CT molecular complexity index is 562. The van der Waals surface area contributed by atoms with Crippen molar-refractivity contribution in [3.63, 3.8) is 0 Å². The molecule has 1 heterocycles. The third kappa shape index (κ3) is 4.70. The summed E-state index contributed by atoms with van der Waals surface area (Å²) in [5, 5.41) is 0. The highest BCUT2D eigenvalue weighted by molar-refractivity contribution is 5.77. The Labute approximate surface area is 138 Å². The zero-order valence-corrected chi connectivity index (χ0v) is 13.6. The Hall–Kier alpha value is -2.60. The maximum atomic E-state index is 11.9. The maximum Gasteiger partial charge on any atom is 0.339 e. The summed E-state index contributed by atoms with van der Waals surface area (Å²) in [7, 11) is 1.10. The Morgan fingerprint density at radius 3 is 1.75 bits per heavy atom. The molecular formula is C15H18O9. The van der Waals surface area contributed by atoms with Crippen molar-refractivity contribution in [3.05, 3.63) is 0 Å². The molecule has 0 aromatic heterocycles. The molecular weight excluding hydrogens is 324 g/mol. The van der Waals surface area contributed by atoms with E-state index in [-0.39, 0.29) is 0 Å². The van der Waals surface area contributed by atoms with Crippen LogP contribution >= 0.6 is 0 Å². The van der Waals surface area contributed by atoms with Gasteiger partial charge < -0.3 is 23.7 Å². The molecule has 132 valence electrons. The van der Waals surface area contributed by atoms with Crippen molar-refractivity contribution in [1.82, 2.24) is 0 Å². The molecule has 0 bridgehead atoms. The van der Waals surface area contributed by atoms with Crippen molar-refractivity contribution < 1.29 is 42.9 Å². The number of esters is 4. The van der Waals surface area contributed by atoms with Gasteiger partial charge in [-0.2, -0.15) is 0 Å². The number of rotatable bonds is 4. The summed E-state index contributed by atoms with van der Waals surface area (Å²) in [6, 6.07) is 0. The predicted molar refractivity (Wildman–Crippen MR) is 76.2 cm³/mol. The molecule has 9 heteroatoms. The average Bonchev–Trinajstić information content (AvgIpc) is 2.48. The first-order valence-electron chi connectivity index (χ1n) is 6.92. The lowest BCUT2D eigenvalue weighted by Gasteiger charge is -2.41. The third-order valence-corrected chi connectivity index (χ3v) is 3.04. The first-order valence-corrected chi connectivity index (χ1v) is 6.92. The van der Waals surface area contributed by atoms with Crippen LogP contribution in [0.5, 0.6) is 0 Å². The van der Waals surface area contributed by atoms with Crippen molar-refractivity contribution in [1.29, 1.82) is 0 Å². The van der Waals surface area contributed by atoms with E-state index in [0.29, 0.717) is 0 Å². The van der Waals surface area contributed by atoms with E-state index < -0.39 is 54.4 Å². The van der Waals surface area contributed by atoms with E-state index in [1.54, 1.807) is 0 Å². The predicted octanol–water partition coefficient (Wildman–Crippen LogP) is -0.645. The smallest absolute Gasteiger partial charge is 0.339 e. The summed E-state index contributed by atoms with van der Waals surface area (Å²) in [6.45, 7) is 3.31. The van der Waals surface area contributed by atoms with E-state index in [0.717, 1.165) is 27.9 Å². The fourth-order valence-electron chi connectivity index (χ4n) is 2.25. The summed E-state index contributed by atoms with van der Waals surface area (Å²) >= 11 is 0. The number of carbonyl (C=O) groups excluding carboxylic acids is 4. The second-order valence-corrected chi connectivity index (χ2v) is 4.89. The molecule has 0 aromatic carbocycles. The van der Waals surface area contributed by atoms with Gasteiger partial charge in [-0.3, -0.25) is 14.4 Å². The molecule has 0 spiro atoms. The van der Waals surface area contributed by atoms with Gasteiger partial charge in [-0.1, -0.05) is 5.92 Å². The third-order valence-electron chi connectivity index (χ3n) is 3.04. The summed E-state index contributed by atoms with van der Waals surface area (Å²) in [6.07, 6.45) is -1.31. The van der Waals surface area contributed by atoms with Crippen LogP contribution in [0.2, 0.25) is 0 Å².